The summed E-state index contributed by atoms with van der Waals surface area (Å²) in [4.78, 5) is 24.9. The van der Waals surface area contributed by atoms with Crippen LogP contribution in [0.4, 0.5) is 0 Å². The van der Waals surface area contributed by atoms with E-state index in [0.717, 1.165) is 11.4 Å². The topological polar surface area (TPSA) is 77.3 Å². The first-order valence-electron chi connectivity index (χ1n) is 24.5. The third kappa shape index (κ3) is 12.8. The Morgan fingerprint density at radius 2 is 0.819 bits per heavy atom. The molecule has 0 unspecified atom stereocenters. The molecule has 6 nitrogen and oxygen atoms in total. The molecule has 0 amide bonds. The Morgan fingerprint density at radius 1 is 0.278 bits per heavy atom. The third-order valence-corrected chi connectivity index (χ3v) is 13.2. The van der Waals surface area contributed by atoms with E-state index in [1.807, 2.05) is 75.8 Å². The highest BCUT2D eigenvalue weighted by Crippen LogP contribution is 2.24. The van der Waals surface area contributed by atoms with E-state index in [1.54, 1.807) is 0 Å². The first-order valence-corrected chi connectivity index (χ1v) is 24.5. The molecule has 6 heterocycles. The number of aryl methyl sites for hydroxylation is 12. The average Bonchev–Trinajstić information content (AvgIpc) is 3.38. The van der Waals surface area contributed by atoms with Crippen LogP contribution in [-0.4, -0.2) is 29.9 Å². The number of pyridine rings is 6. The molecule has 0 fully saturated rings. The van der Waals surface area contributed by atoms with Crippen LogP contribution in [0.15, 0.2) is 183 Å². The lowest BCUT2D eigenvalue weighted by molar-refractivity contribution is 1.22. The number of hydrogen-bond donors (Lipinski definition) is 0. The predicted octanol–water partition coefficient (Wildman–Crippen LogP) is 17.1. The van der Waals surface area contributed by atoms with Crippen molar-refractivity contribution in [3.63, 3.8) is 0 Å². The Kier molecular flexibility index (Phi) is 17.3. The van der Waals surface area contributed by atoms with E-state index >= 15 is 0 Å². The fourth-order valence-electron chi connectivity index (χ4n) is 9.07. The molecule has 0 aliphatic heterocycles. The van der Waals surface area contributed by atoms with Crippen LogP contribution >= 0.6 is 0 Å². The molecule has 0 radical (unpaired) electrons. The SMILES string of the molecule is Cc1cc(C)c2ccncc2c1.Cc1cc2c(C)cccc2cn1.Cc1ccc(C)c2cnccc12.Cc1ccc2cnccc2c1C.Cc1cccc2c(C)nccc12.Cc1cccc2cncc(C)c12. The van der Waals surface area contributed by atoms with Crippen molar-refractivity contribution in [1.29, 1.82) is 0 Å². The lowest BCUT2D eigenvalue weighted by Crippen LogP contribution is -1.84. The van der Waals surface area contributed by atoms with E-state index in [2.05, 4.69) is 220 Å². The quantitative estimate of drug-likeness (QED) is 0.151. The van der Waals surface area contributed by atoms with E-state index in [9.17, 15) is 0 Å². The minimum atomic E-state index is 1.08. The molecule has 6 heteroatoms. The number of rotatable bonds is 0. The Balaban J connectivity index is 0.000000127. The number of benzene rings is 6. The van der Waals surface area contributed by atoms with Crippen molar-refractivity contribution >= 4 is 64.6 Å². The summed E-state index contributed by atoms with van der Waals surface area (Å²) in [5.41, 5.74) is 15.3. The highest BCUT2D eigenvalue weighted by molar-refractivity contribution is 5.90. The highest BCUT2D eigenvalue weighted by atomic mass is 14.7. The van der Waals surface area contributed by atoms with Gasteiger partial charge in [-0.05, 0) is 202 Å². The number of hydrogen-bond acceptors (Lipinski definition) is 6. The molecule has 0 saturated carbocycles. The van der Waals surface area contributed by atoms with Crippen LogP contribution in [-0.2, 0) is 0 Å². The molecule has 0 aliphatic carbocycles. The maximum absolute atomic E-state index is 4.25. The minimum Gasteiger partial charge on any atom is -0.264 e. The molecule has 0 saturated heterocycles. The summed E-state index contributed by atoms with van der Waals surface area (Å²) in [5, 5.41) is 15.3. The van der Waals surface area contributed by atoms with Gasteiger partial charge in [0.2, 0.25) is 0 Å². The third-order valence-electron chi connectivity index (χ3n) is 13.2. The van der Waals surface area contributed by atoms with Gasteiger partial charge in [-0.2, -0.15) is 0 Å². The molecule has 0 aliphatic rings. The average molecular weight is 943 g/mol. The van der Waals surface area contributed by atoms with Crippen molar-refractivity contribution in [2.45, 2.75) is 83.1 Å². The second-order valence-corrected chi connectivity index (χ2v) is 18.7. The summed E-state index contributed by atoms with van der Waals surface area (Å²) in [7, 11) is 0. The van der Waals surface area contributed by atoms with Crippen molar-refractivity contribution < 1.29 is 0 Å². The van der Waals surface area contributed by atoms with E-state index < -0.39 is 0 Å². The van der Waals surface area contributed by atoms with E-state index in [0.29, 0.717) is 0 Å². The van der Waals surface area contributed by atoms with Gasteiger partial charge in [-0.15, -0.1) is 0 Å². The monoisotopic (exact) mass is 943 g/mol. The molecule has 6 aromatic carbocycles. The van der Waals surface area contributed by atoms with Gasteiger partial charge in [0.15, 0.2) is 0 Å². The molecule has 0 atom stereocenters. The molecule has 0 bridgehead atoms. The molecule has 0 spiro atoms. The van der Waals surface area contributed by atoms with Crippen LogP contribution < -0.4 is 0 Å². The van der Waals surface area contributed by atoms with Gasteiger partial charge in [0.1, 0.15) is 0 Å². The smallest absolute Gasteiger partial charge is 0.0451 e. The Labute approximate surface area is 426 Å². The maximum atomic E-state index is 4.25. The van der Waals surface area contributed by atoms with E-state index in [4.69, 9.17) is 0 Å². The molecule has 12 aromatic rings. The second-order valence-electron chi connectivity index (χ2n) is 18.7. The van der Waals surface area contributed by atoms with Crippen LogP contribution in [0, 0.1) is 83.1 Å². The largest absolute Gasteiger partial charge is 0.264 e. The van der Waals surface area contributed by atoms with E-state index in [1.165, 1.54) is 120 Å². The van der Waals surface area contributed by atoms with Gasteiger partial charge >= 0.3 is 0 Å². The zero-order valence-electron chi connectivity index (χ0n) is 44.0. The lowest BCUT2D eigenvalue weighted by atomic mass is 10.0. The summed E-state index contributed by atoms with van der Waals surface area (Å²) < 4.78 is 0. The van der Waals surface area contributed by atoms with Gasteiger partial charge in [0, 0.05) is 106 Å². The van der Waals surface area contributed by atoms with Gasteiger partial charge in [-0.25, -0.2) is 0 Å². The van der Waals surface area contributed by atoms with Crippen LogP contribution in [0.1, 0.15) is 67.0 Å². The van der Waals surface area contributed by atoms with Crippen molar-refractivity contribution in [1.82, 2.24) is 29.9 Å². The van der Waals surface area contributed by atoms with Crippen molar-refractivity contribution in [2.24, 2.45) is 0 Å². The zero-order chi connectivity index (χ0) is 51.3. The van der Waals surface area contributed by atoms with Gasteiger partial charge in [0.25, 0.3) is 0 Å². The molecule has 12 rings (SSSR count). The summed E-state index contributed by atoms with van der Waals surface area (Å²) >= 11 is 0. The number of aromatic nitrogens is 6. The summed E-state index contributed by atoms with van der Waals surface area (Å²) in [6.07, 6.45) is 18.9. The summed E-state index contributed by atoms with van der Waals surface area (Å²) in [6, 6.07) is 42.2. The fraction of sp³-hybridized carbons (Fsp3) is 0.182. The second kappa shape index (κ2) is 24.1. The van der Waals surface area contributed by atoms with Gasteiger partial charge in [-0.1, -0.05) is 90.5 Å². The maximum Gasteiger partial charge on any atom is 0.0451 e. The van der Waals surface area contributed by atoms with Crippen molar-refractivity contribution in [2.75, 3.05) is 0 Å². The first kappa shape index (κ1) is 51.6. The van der Waals surface area contributed by atoms with Crippen LogP contribution in [0.3, 0.4) is 0 Å². The molecule has 6 aromatic heterocycles. The standard InChI is InChI=1S/6C11H11N/c1-8-5-9(2)11-3-4-12-7-10(11)6-8;1-8-3-4-10-7-12-6-5-11(10)9(8)2;1-8-3-4-9(2)11-7-12-6-5-10(8)11;1-8-4-3-5-10-7-12-6-9(2)11(8)10;1-8-4-3-5-10-7-12-9(2)6-11(8)10;1-8-4-3-5-11-9(2)12-7-6-10(8)11/h6*3-7H,1-2H3. The lowest BCUT2D eigenvalue weighted by Gasteiger charge is -2.03. The molecular weight excluding hydrogens is 877 g/mol. The molecule has 72 heavy (non-hydrogen) atoms. The Morgan fingerprint density at radius 3 is 1.53 bits per heavy atom. The Bertz CT molecular complexity index is 3600. The van der Waals surface area contributed by atoms with Gasteiger partial charge < -0.3 is 0 Å². The predicted molar refractivity (Wildman–Crippen MR) is 307 cm³/mol. The highest BCUT2D eigenvalue weighted by Gasteiger charge is 2.02. The summed E-state index contributed by atoms with van der Waals surface area (Å²) in [6.45, 7) is 25.3. The zero-order valence-corrected chi connectivity index (χ0v) is 44.0. The minimum absolute atomic E-state index is 1.08. The van der Waals surface area contributed by atoms with Crippen LogP contribution in [0.5, 0.6) is 0 Å². The Hall–Kier alpha value is -8.22. The molecular formula is C66H66N6. The summed E-state index contributed by atoms with van der Waals surface area (Å²) in [5.74, 6) is 0. The molecule has 0 N–H and O–H groups in total. The van der Waals surface area contributed by atoms with Crippen LogP contribution in [0.25, 0.3) is 64.6 Å². The van der Waals surface area contributed by atoms with Gasteiger partial charge in [0.05, 0.1) is 0 Å². The fourth-order valence-corrected chi connectivity index (χ4v) is 9.07. The van der Waals surface area contributed by atoms with Crippen molar-refractivity contribution in [3.05, 3.63) is 250 Å². The normalized spacial score (nSPS) is 10.5. The van der Waals surface area contributed by atoms with Gasteiger partial charge in [-0.3, -0.25) is 29.9 Å². The first-order chi connectivity index (χ1) is 34.7. The van der Waals surface area contributed by atoms with Crippen molar-refractivity contribution in [3.8, 4) is 0 Å². The van der Waals surface area contributed by atoms with Crippen LogP contribution in [0.2, 0.25) is 0 Å². The van der Waals surface area contributed by atoms with E-state index in [-0.39, 0.29) is 0 Å². The number of nitrogens with zero attached hydrogens (tertiary/aromatic N) is 6. The number of fused-ring (bicyclic) bond motifs is 6. The molecule has 360 valence electrons.